The highest BCUT2D eigenvalue weighted by atomic mass is 16.5. The van der Waals surface area contributed by atoms with Crippen molar-refractivity contribution < 1.29 is 4.74 Å². The van der Waals surface area contributed by atoms with E-state index in [2.05, 4.69) is 27.2 Å². The Morgan fingerprint density at radius 1 is 1.27 bits per heavy atom. The van der Waals surface area contributed by atoms with E-state index in [0.29, 0.717) is 6.10 Å². The van der Waals surface area contributed by atoms with Crippen molar-refractivity contribution in [2.24, 2.45) is 7.05 Å². The van der Waals surface area contributed by atoms with Gasteiger partial charge in [0.2, 0.25) is 0 Å². The van der Waals surface area contributed by atoms with Gasteiger partial charge < -0.3 is 9.72 Å². The molecule has 2 bridgehead atoms. The second kappa shape index (κ2) is 4.30. The molecular formula is C17H16N4O. The van der Waals surface area contributed by atoms with Crippen LogP contribution in [0.25, 0.3) is 27.7 Å². The molecule has 5 nitrogen and oxygen atoms in total. The van der Waals surface area contributed by atoms with E-state index in [1.807, 2.05) is 36.5 Å². The number of hydrogen-bond acceptors (Lipinski definition) is 3. The van der Waals surface area contributed by atoms with Gasteiger partial charge >= 0.3 is 0 Å². The second-order valence-corrected chi connectivity index (χ2v) is 6.09. The van der Waals surface area contributed by atoms with Gasteiger partial charge in [-0.15, -0.1) is 0 Å². The summed E-state index contributed by atoms with van der Waals surface area (Å²) in [5.41, 5.74) is 5.62. The third-order valence-corrected chi connectivity index (χ3v) is 4.65. The highest BCUT2D eigenvalue weighted by molar-refractivity contribution is 5.95. The Bertz CT molecular complexity index is 904. The van der Waals surface area contributed by atoms with Crippen molar-refractivity contribution in [3.63, 3.8) is 0 Å². The van der Waals surface area contributed by atoms with Crippen molar-refractivity contribution >= 4 is 16.6 Å². The first-order valence-corrected chi connectivity index (χ1v) is 7.61. The van der Waals surface area contributed by atoms with E-state index in [9.17, 15) is 0 Å². The van der Waals surface area contributed by atoms with Crippen molar-refractivity contribution in [1.29, 1.82) is 0 Å². The first-order chi connectivity index (χ1) is 10.8. The minimum absolute atomic E-state index is 0.255. The predicted molar refractivity (Wildman–Crippen MR) is 84.2 cm³/mol. The summed E-state index contributed by atoms with van der Waals surface area (Å²) in [7, 11) is 1.93. The number of hydrogen-bond donors (Lipinski definition) is 1. The van der Waals surface area contributed by atoms with Gasteiger partial charge in [-0.1, -0.05) is 0 Å². The quantitative estimate of drug-likeness (QED) is 0.790. The summed E-state index contributed by atoms with van der Waals surface area (Å²) in [4.78, 5) is 7.83. The number of rotatable bonds is 2. The molecule has 1 fully saturated rings. The zero-order chi connectivity index (χ0) is 14.7. The lowest BCUT2D eigenvalue weighted by atomic mass is 9.94. The van der Waals surface area contributed by atoms with E-state index in [1.54, 1.807) is 0 Å². The monoisotopic (exact) mass is 292 g/mol. The Balaban J connectivity index is 1.65. The third kappa shape index (κ3) is 1.69. The fraction of sp³-hybridized carbons (Fsp3) is 0.294. The van der Waals surface area contributed by atoms with Crippen molar-refractivity contribution in [3.05, 3.63) is 42.5 Å². The van der Waals surface area contributed by atoms with Gasteiger partial charge in [-0.05, 0) is 36.1 Å². The molecule has 5 heteroatoms. The van der Waals surface area contributed by atoms with E-state index in [1.165, 1.54) is 11.1 Å². The zero-order valence-electron chi connectivity index (χ0n) is 12.3. The maximum Gasteiger partial charge on any atom is 0.137 e. The molecular weight excluding hydrogens is 276 g/mol. The summed E-state index contributed by atoms with van der Waals surface area (Å²) >= 11 is 0. The SMILES string of the molecule is Cn1cc(-c2c[nH]c3ncc(C4=CC5CCC4O5)cc23)cn1. The molecule has 0 spiro atoms. The molecule has 0 radical (unpaired) electrons. The van der Waals surface area contributed by atoms with Gasteiger partial charge in [0.1, 0.15) is 5.65 Å². The average Bonchev–Trinajstić information content (AvgIpc) is 3.29. The molecule has 22 heavy (non-hydrogen) atoms. The van der Waals surface area contributed by atoms with Gasteiger partial charge in [-0.3, -0.25) is 4.68 Å². The Hall–Kier alpha value is -2.40. The van der Waals surface area contributed by atoms with Crippen LogP contribution in [0.5, 0.6) is 0 Å². The van der Waals surface area contributed by atoms with E-state index >= 15 is 0 Å². The van der Waals surface area contributed by atoms with Crippen LogP contribution in [-0.2, 0) is 11.8 Å². The molecule has 3 aromatic heterocycles. The number of nitrogens with zero attached hydrogens (tertiary/aromatic N) is 3. The summed E-state index contributed by atoms with van der Waals surface area (Å²) < 4.78 is 7.73. The van der Waals surface area contributed by atoms with Crippen LogP contribution in [-0.4, -0.2) is 32.0 Å². The lowest BCUT2D eigenvalue weighted by Gasteiger charge is -2.11. The number of aryl methyl sites for hydroxylation is 1. The van der Waals surface area contributed by atoms with Gasteiger partial charge in [-0.25, -0.2) is 4.98 Å². The highest BCUT2D eigenvalue weighted by Gasteiger charge is 2.34. The first kappa shape index (κ1) is 12.2. The number of nitrogens with one attached hydrogen (secondary N) is 1. The Morgan fingerprint density at radius 2 is 2.23 bits per heavy atom. The third-order valence-electron chi connectivity index (χ3n) is 4.65. The molecule has 0 saturated carbocycles. The fourth-order valence-corrected chi connectivity index (χ4v) is 3.56. The largest absolute Gasteiger partial charge is 0.366 e. The van der Waals surface area contributed by atoms with E-state index in [0.717, 1.165) is 35.0 Å². The van der Waals surface area contributed by atoms with E-state index in [4.69, 9.17) is 4.74 Å². The maximum atomic E-state index is 5.91. The molecule has 0 aromatic carbocycles. The molecule has 2 unspecified atom stereocenters. The lowest BCUT2D eigenvalue weighted by Crippen LogP contribution is -2.04. The van der Waals surface area contributed by atoms with Gasteiger partial charge in [0.15, 0.2) is 0 Å². The summed E-state index contributed by atoms with van der Waals surface area (Å²) in [5.74, 6) is 0. The van der Waals surface area contributed by atoms with E-state index in [-0.39, 0.29) is 6.10 Å². The average molecular weight is 292 g/mol. The molecule has 3 aromatic rings. The fourth-order valence-electron chi connectivity index (χ4n) is 3.56. The normalized spacial score (nSPS) is 23.4. The van der Waals surface area contributed by atoms with Crippen LogP contribution >= 0.6 is 0 Å². The molecule has 2 aliphatic heterocycles. The van der Waals surface area contributed by atoms with Gasteiger partial charge in [0.25, 0.3) is 0 Å². The predicted octanol–water partition coefficient (Wildman–Crippen LogP) is 2.91. The summed E-state index contributed by atoms with van der Waals surface area (Å²) in [6.07, 6.45) is 12.9. The van der Waals surface area contributed by atoms with Crippen molar-refractivity contribution in [2.75, 3.05) is 0 Å². The van der Waals surface area contributed by atoms with Crippen molar-refractivity contribution in [3.8, 4) is 11.1 Å². The van der Waals surface area contributed by atoms with Crippen LogP contribution in [0.3, 0.4) is 0 Å². The molecule has 5 heterocycles. The molecule has 110 valence electrons. The number of H-pyrrole nitrogens is 1. The minimum atomic E-state index is 0.255. The number of aromatic amines is 1. The maximum absolute atomic E-state index is 5.91. The molecule has 2 aliphatic rings. The first-order valence-electron chi connectivity index (χ1n) is 7.61. The molecule has 1 saturated heterocycles. The standard InChI is InChI=1S/C17H16N4O/c1-21-9-11(7-20-21)15-8-19-17-14(15)4-10(6-18-17)13-5-12-2-3-16(13)22-12/h4-9,12,16H,2-3H2,1H3,(H,18,19). The minimum Gasteiger partial charge on any atom is -0.366 e. The number of ether oxygens (including phenoxy) is 1. The smallest absolute Gasteiger partial charge is 0.137 e. The summed E-state index contributed by atoms with van der Waals surface area (Å²) in [5, 5.41) is 5.39. The molecule has 0 amide bonds. The van der Waals surface area contributed by atoms with Crippen molar-refractivity contribution in [1.82, 2.24) is 19.7 Å². The number of pyridine rings is 1. The van der Waals surface area contributed by atoms with Crippen LogP contribution < -0.4 is 0 Å². The Labute approximate surface area is 127 Å². The van der Waals surface area contributed by atoms with Gasteiger partial charge in [0.05, 0.1) is 18.4 Å². The highest BCUT2D eigenvalue weighted by Crippen LogP contribution is 2.40. The Morgan fingerprint density at radius 3 is 2.95 bits per heavy atom. The van der Waals surface area contributed by atoms with Crippen LogP contribution in [0.15, 0.2) is 36.9 Å². The van der Waals surface area contributed by atoms with Crippen molar-refractivity contribution in [2.45, 2.75) is 25.0 Å². The van der Waals surface area contributed by atoms with Crippen LogP contribution in [0.2, 0.25) is 0 Å². The molecule has 5 rings (SSSR count). The number of aromatic nitrogens is 4. The number of fused-ring (bicyclic) bond motifs is 3. The molecule has 1 N–H and O–H groups in total. The van der Waals surface area contributed by atoms with E-state index < -0.39 is 0 Å². The van der Waals surface area contributed by atoms with Crippen LogP contribution in [0.1, 0.15) is 18.4 Å². The lowest BCUT2D eigenvalue weighted by molar-refractivity contribution is 0.124. The molecule has 2 atom stereocenters. The topological polar surface area (TPSA) is 55.7 Å². The van der Waals surface area contributed by atoms with Gasteiger partial charge in [-0.2, -0.15) is 5.10 Å². The van der Waals surface area contributed by atoms with Crippen LogP contribution in [0, 0.1) is 0 Å². The summed E-state index contributed by atoms with van der Waals surface area (Å²) in [6.45, 7) is 0. The second-order valence-electron chi connectivity index (χ2n) is 6.09. The summed E-state index contributed by atoms with van der Waals surface area (Å²) in [6, 6.07) is 2.22. The van der Waals surface area contributed by atoms with Gasteiger partial charge in [0, 0.05) is 42.2 Å². The Kier molecular flexibility index (Phi) is 2.38. The van der Waals surface area contributed by atoms with Crippen LogP contribution in [0.4, 0.5) is 0 Å². The zero-order valence-corrected chi connectivity index (χ0v) is 12.3. The molecule has 0 aliphatic carbocycles.